The van der Waals surface area contributed by atoms with Gasteiger partial charge < -0.3 is 0 Å². The molecule has 0 saturated carbocycles. The average molecular weight is 374 g/mol. The van der Waals surface area contributed by atoms with Crippen LogP contribution in [0.1, 0.15) is 40.4 Å². The van der Waals surface area contributed by atoms with E-state index in [1.165, 1.54) is 11.1 Å². The van der Waals surface area contributed by atoms with E-state index in [1.54, 1.807) is 4.57 Å². The number of nitrogens with zero attached hydrogens (tertiary/aromatic N) is 1. The quantitative estimate of drug-likeness (QED) is 0.708. The Bertz CT molecular complexity index is 1090. The SMILES string of the molecule is CCc1c(Cc2cc(C)cc(C)c2)n(CC=Cc2ccccc2)c(=O)[nH]c1=O. The smallest absolute Gasteiger partial charge is 0.293 e. The first-order chi connectivity index (χ1) is 13.5. The van der Waals surface area contributed by atoms with Gasteiger partial charge in [0.1, 0.15) is 0 Å². The summed E-state index contributed by atoms with van der Waals surface area (Å²) in [6.07, 6.45) is 5.09. The van der Waals surface area contributed by atoms with Gasteiger partial charge in [-0.3, -0.25) is 14.3 Å². The molecule has 28 heavy (non-hydrogen) atoms. The van der Waals surface area contributed by atoms with Crippen molar-refractivity contribution in [2.75, 3.05) is 0 Å². The minimum Gasteiger partial charge on any atom is -0.293 e. The van der Waals surface area contributed by atoms with Crippen LogP contribution in [0.5, 0.6) is 0 Å². The second-order valence-corrected chi connectivity index (χ2v) is 7.13. The van der Waals surface area contributed by atoms with Gasteiger partial charge >= 0.3 is 5.69 Å². The number of hydrogen-bond donors (Lipinski definition) is 1. The molecule has 0 aliphatic carbocycles. The Morgan fingerprint density at radius 2 is 1.68 bits per heavy atom. The Morgan fingerprint density at radius 3 is 2.32 bits per heavy atom. The maximum atomic E-state index is 12.6. The van der Waals surface area contributed by atoms with Gasteiger partial charge in [-0.15, -0.1) is 0 Å². The zero-order valence-electron chi connectivity index (χ0n) is 16.7. The van der Waals surface area contributed by atoms with Crippen LogP contribution in [0.25, 0.3) is 6.08 Å². The van der Waals surface area contributed by atoms with Gasteiger partial charge in [0, 0.05) is 24.2 Å². The summed E-state index contributed by atoms with van der Waals surface area (Å²) in [6, 6.07) is 16.3. The highest BCUT2D eigenvalue weighted by Crippen LogP contribution is 2.15. The highest BCUT2D eigenvalue weighted by molar-refractivity contribution is 5.48. The van der Waals surface area contributed by atoms with Gasteiger partial charge in [0.25, 0.3) is 5.56 Å². The molecule has 1 N–H and O–H groups in total. The van der Waals surface area contributed by atoms with Gasteiger partial charge in [-0.05, 0) is 31.4 Å². The lowest BCUT2D eigenvalue weighted by Crippen LogP contribution is -2.35. The molecule has 1 heterocycles. The Kier molecular flexibility index (Phi) is 6.09. The Hall–Kier alpha value is -3.14. The molecule has 4 nitrogen and oxygen atoms in total. The lowest BCUT2D eigenvalue weighted by atomic mass is 10.0. The van der Waals surface area contributed by atoms with E-state index in [-0.39, 0.29) is 11.2 Å². The standard InChI is InChI=1S/C24H26N2O2/c1-4-21-22(16-20-14-17(2)13-18(3)15-20)26(24(28)25-23(21)27)12-8-11-19-9-6-5-7-10-19/h5-11,13-15H,4,12,16H2,1-3H3,(H,25,27,28). The third kappa shape index (κ3) is 4.58. The molecule has 0 aliphatic heterocycles. The molecule has 0 bridgehead atoms. The van der Waals surface area contributed by atoms with E-state index in [9.17, 15) is 9.59 Å². The van der Waals surface area contributed by atoms with E-state index in [0.29, 0.717) is 24.9 Å². The van der Waals surface area contributed by atoms with Crippen molar-refractivity contribution in [3.63, 3.8) is 0 Å². The monoisotopic (exact) mass is 374 g/mol. The van der Waals surface area contributed by atoms with E-state index in [0.717, 1.165) is 16.8 Å². The summed E-state index contributed by atoms with van der Waals surface area (Å²) in [5.41, 5.74) is 5.36. The molecule has 0 spiro atoms. The van der Waals surface area contributed by atoms with Crippen molar-refractivity contribution >= 4 is 6.08 Å². The largest absolute Gasteiger partial charge is 0.328 e. The van der Waals surface area contributed by atoms with Gasteiger partial charge in [0.05, 0.1) is 0 Å². The second kappa shape index (κ2) is 8.70. The molecule has 0 radical (unpaired) electrons. The number of hydrogen-bond acceptors (Lipinski definition) is 2. The fraction of sp³-hybridized carbons (Fsp3) is 0.250. The van der Waals surface area contributed by atoms with E-state index >= 15 is 0 Å². The highest BCUT2D eigenvalue weighted by atomic mass is 16.2. The first kappa shape index (κ1) is 19.6. The van der Waals surface area contributed by atoms with Crippen molar-refractivity contribution in [2.45, 2.75) is 40.2 Å². The van der Waals surface area contributed by atoms with Crippen LogP contribution in [0.4, 0.5) is 0 Å². The summed E-state index contributed by atoms with van der Waals surface area (Å²) in [6.45, 7) is 6.48. The molecular weight excluding hydrogens is 348 g/mol. The summed E-state index contributed by atoms with van der Waals surface area (Å²) < 4.78 is 1.68. The van der Waals surface area contributed by atoms with E-state index in [1.807, 2.05) is 49.4 Å². The number of benzene rings is 2. The van der Waals surface area contributed by atoms with Crippen LogP contribution in [0.15, 0.2) is 64.2 Å². The van der Waals surface area contributed by atoms with Gasteiger partial charge in [-0.1, -0.05) is 78.7 Å². The number of aromatic amines is 1. The first-order valence-corrected chi connectivity index (χ1v) is 9.61. The zero-order valence-corrected chi connectivity index (χ0v) is 16.7. The second-order valence-electron chi connectivity index (χ2n) is 7.13. The molecule has 0 atom stereocenters. The number of nitrogens with one attached hydrogen (secondary N) is 1. The Labute approximate surface area is 165 Å². The van der Waals surface area contributed by atoms with Crippen LogP contribution in [0.3, 0.4) is 0 Å². The molecule has 144 valence electrons. The molecule has 2 aromatic carbocycles. The van der Waals surface area contributed by atoms with Crippen LogP contribution >= 0.6 is 0 Å². The lowest BCUT2D eigenvalue weighted by Gasteiger charge is -2.15. The minimum absolute atomic E-state index is 0.282. The molecular formula is C24H26N2O2. The number of rotatable bonds is 6. The highest BCUT2D eigenvalue weighted by Gasteiger charge is 2.14. The van der Waals surface area contributed by atoms with Crippen LogP contribution in [0, 0.1) is 13.8 Å². The normalized spacial score (nSPS) is 11.2. The van der Waals surface area contributed by atoms with E-state index in [2.05, 4.69) is 37.0 Å². The minimum atomic E-state index is -0.362. The van der Waals surface area contributed by atoms with Crippen LogP contribution < -0.4 is 11.2 Å². The van der Waals surface area contributed by atoms with Crippen molar-refractivity contribution in [2.24, 2.45) is 0 Å². The molecule has 4 heteroatoms. The number of H-pyrrole nitrogens is 1. The average Bonchev–Trinajstić information content (AvgIpc) is 2.64. The van der Waals surface area contributed by atoms with Crippen molar-refractivity contribution < 1.29 is 0 Å². The summed E-state index contributed by atoms with van der Waals surface area (Å²) in [5.74, 6) is 0. The first-order valence-electron chi connectivity index (χ1n) is 9.61. The molecule has 0 saturated heterocycles. The van der Waals surface area contributed by atoms with Gasteiger partial charge in [-0.25, -0.2) is 4.79 Å². The van der Waals surface area contributed by atoms with Crippen LogP contribution in [0.2, 0.25) is 0 Å². The fourth-order valence-corrected chi connectivity index (χ4v) is 3.64. The van der Waals surface area contributed by atoms with Gasteiger partial charge in [0.15, 0.2) is 0 Å². The molecule has 0 fully saturated rings. The molecule has 3 aromatic rings. The van der Waals surface area contributed by atoms with E-state index in [4.69, 9.17) is 0 Å². The van der Waals surface area contributed by atoms with Crippen molar-refractivity contribution in [3.05, 3.63) is 109 Å². The zero-order chi connectivity index (χ0) is 20.1. The van der Waals surface area contributed by atoms with Crippen molar-refractivity contribution in [1.82, 2.24) is 9.55 Å². The molecule has 3 rings (SSSR count). The number of aromatic nitrogens is 2. The molecule has 0 aliphatic rings. The molecule has 1 aromatic heterocycles. The lowest BCUT2D eigenvalue weighted by molar-refractivity contribution is 0.677. The van der Waals surface area contributed by atoms with Crippen molar-refractivity contribution in [1.29, 1.82) is 0 Å². The molecule has 0 unspecified atom stereocenters. The van der Waals surface area contributed by atoms with Gasteiger partial charge in [-0.2, -0.15) is 0 Å². The van der Waals surface area contributed by atoms with Crippen molar-refractivity contribution in [3.8, 4) is 0 Å². The maximum absolute atomic E-state index is 12.6. The van der Waals surface area contributed by atoms with Gasteiger partial charge in [0.2, 0.25) is 0 Å². The summed E-state index contributed by atoms with van der Waals surface area (Å²) in [7, 11) is 0. The van der Waals surface area contributed by atoms with Crippen LogP contribution in [-0.2, 0) is 19.4 Å². The Balaban J connectivity index is 2.02. The molecule has 0 amide bonds. The third-order valence-corrected chi connectivity index (χ3v) is 4.82. The predicted molar refractivity (Wildman–Crippen MR) is 115 cm³/mol. The number of aryl methyl sites for hydroxylation is 2. The third-order valence-electron chi connectivity index (χ3n) is 4.82. The summed E-state index contributed by atoms with van der Waals surface area (Å²) >= 11 is 0. The Morgan fingerprint density at radius 1 is 1.00 bits per heavy atom. The summed E-state index contributed by atoms with van der Waals surface area (Å²) in [5, 5.41) is 0. The fourth-order valence-electron chi connectivity index (χ4n) is 3.64. The van der Waals surface area contributed by atoms with E-state index < -0.39 is 0 Å². The topological polar surface area (TPSA) is 54.9 Å². The van der Waals surface area contributed by atoms with Crippen LogP contribution in [-0.4, -0.2) is 9.55 Å². The predicted octanol–water partition coefficient (Wildman–Crippen LogP) is 4.02. The number of allylic oxidation sites excluding steroid dienone is 1. The maximum Gasteiger partial charge on any atom is 0.328 e. The summed E-state index contributed by atoms with van der Waals surface area (Å²) in [4.78, 5) is 27.4.